The number of nitrogens with one attached hydrogen (secondary N) is 1. The second-order valence-electron chi connectivity index (χ2n) is 4.63. The maximum Gasteiger partial charge on any atom is 0.126 e. The molecule has 1 rings (SSSR count). The van der Waals surface area contributed by atoms with Crippen molar-refractivity contribution in [2.45, 2.75) is 52.0 Å². The molecule has 0 aliphatic rings. The summed E-state index contributed by atoms with van der Waals surface area (Å²) >= 11 is 0. The molecule has 0 aliphatic heterocycles. The Labute approximate surface area is 111 Å². The van der Waals surface area contributed by atoms with Gasteiger partial charge in [0.2, 0.25) is 0 Å². The van der Waals surface area contributed by atoms with Crippen LogP contribution in [-0.2, 0) is 6.54 Å². The molecule has 102 valence electrons. The second-order valence-corrected chi connectivity index (χ2v) is 4.63. The van der Waals surface area contributed by atoms with Crippen molar-refractivity contribution in [2.75, 3.05) is 13.7 Å². The van der Waals surface area contributed by atoms with Crippen LogP contribution < -0.4 is 10.1 Å². The molecule has 1 heterocycles. The van der Waals surface area contributed by atoms with E-state index in [1.54, 1.807) is 6.20 Å². The zero-order valence-corrected chi connectivity index (χ0v) is 11.7. The summed E-state index contributed by atoms with van der Waals surface area (Å²) in [7, 11) is 1.94. The van der Waals surface area contributed by atoms with E-state index in [0.29, 0.717) is 0 Å². The van der Waals surface area contributed by atoms with E-state index in [1.807, 2.05) is 19.3 Å². The van der Waals surface area contributed by atoms with Gasteiger partial charge in [0.25, 0.3) is 0 Å². The molecule has 0 aromatic carbocycles. The molecule has 0 unspecified atom stereocenters. The van der Waals surface area contributed by atoms with Crippen LogP contribution in [0.3, 0.4) is 0 Å². The molecule has 0 atom stereocenters. The number of pyridine rings is 1. The highest BCUT2D eigenvalue weighted by Gasteiger charge is 2.02. The van der Waals surface area contributed by atoms with E-state index in [0.717, 1.165) is 30.9 Å². The van der Waals surface area contributed by atoms with Crippen LogP contribution in [0.15, 0.2) is 18.5 Å². The SMILES string of the molecule is CCCCCCCCOc1ccncc1CNC. The summed E-state index contributed by atoms with van der Waals surface area (Å²) in [4.78, 5) is 4.12. The number of rotatable bonds is 10. The van der Waals surface area contributed by atoms with Crippen molar-refractivity contribution in [1.29, 1.82) is 0 Å². The Bertz CT molecular complexity index is 315. The number of hydrogen-bond donors (Lipinski definition) is 1. The fraction of sp³-hybridized carbons (Fsp3) is 0.667. The summed E-state index contributed by atoms with van der Waals surface area (Å²) in [6, 6.07) is 1.95. The number of nitrogens with zero attached hydrogens (tertiary/aromatic N) is 1. The van der Waals surface area contributed by atoms with Crippen molar-refractivity contribution in [3.05, 3.63) is 24.0 Å². The van der Waals surface area contributed by atoms with Gasteiger partial charge in [-0.15, -0.1) is 0 Å². The Kier molecular flexibility index (Phi) is 8.23. The van der Waals surface area contributed by atoms with Gasteiger partial charge in [-0.1, -0.05) is 39.0 Å². The Balaban J connectivity index is 2.18. The number of hydrogen-bond acceptors (Lipinski definition) is 3. The summed E-state index contributed by atoms with van der Waals surface area (Å²) in [5.74, 6) is 0.966. The monoisotopic (exact) mass is 250 g/mol. The summed E-state index contributed by atoms with van der Waals surface area (Å²) < 4.78 is 5.82. The van der Waals surface area contributed by atoms with Crippen molar-refractivity contribution < 1.29 is 4.74 Å². The quantitative estimate of drug-likeness (QED) is 0.645. The summed E-state index contributed by atoms with van der Waals surface area (Å²) in [6.45, 7) is 3.86. The van der Waals surface area contributed by atoms with Crippen LogP contribution in [-0.4, -0.2) is 18.6 Å². The molecular weight excluding hydrogens is 224 g/mol. The van der Waals surface area contributed by atoms with Gasteiger partial charge in [0.05, 0.1) is 6.61 Å². The molecule has 1 N–H and O–H groups in total. The number of unbranched alkanes of at least 4 members (excludes halogenated alkanes) is 5. The lowest BCUT2D eigenvalue weighted by Crippen LogP contribution is -2.08. The smallest absolute Gasteiger partial charge is 0.126 e. The number of aromatic nitrogens is 1. The fourth-order valence-corrected chi connectivity index (χ4v) is 1.94. The van der Waals surface area contributed by atoms with Gasteiger partial charge in [0.1, 0.15) is 5.75 Å². The van der Waals surface area contributed by atoms with Crippen molar-refractivity contribution in [1.82, 2.24) is 10.3 Å². The first kappa shape index (κ1) is 15.0. The van der Waals surface area contributed by atoms with Crippen molar-refractivity contribution >= 4 is 0 Å². The molecule has 0 aliphatic carbocycles. The third-order valence-corrected chi connectivity index (χ3v) is 2.98. The van der Waals surface area contributed by atoms with Gasteiger partial charge < -0.3 is 10.1 Å². The molecule has 0 amide bonds. The molecular formula is C15H26N2O. The molecule has 3 heteroatoms. The molecule has 3 nitrogen and oxygen atoms in total. The van der Waals surface area contributed by atoms with Crippen LogP contribution in [0, 0.1) is 0 Å². The maximum absolute atomic E-state index is 5.82. The highest BCUT2D eigenvalue weighted by atomic mass is 16.5. The highest BCUT2D eigenvalue weighted by molar-refractivity contribution is 5.29. The molecule has 18 heavy (non-hydrogen) atoms. The lowest BCUT2D eigenvalue weighted by atomic mass is 10.1. The van der Waals surface area contributed by atoms with E-state index in [1.165, 1.54) is 32.1 Å². The van der Waals surface area contributed by atoms with Gasteiger partial charge >= 0.3 is 0 Å². The first-order chi connectivity index (χ1) is 8.88. The van der Waals surface area contributed by atoms with Crippen LogP contribution in [0.1, 0.15) is 51.0 Å². The first-order valence-electron chi connectivity index (χ1n) is 7.08. The standard InChI is InChI=1S/C15H26N2O/c1-3-4-5-6-7-8-11-18-15-9-10-17-13-14(15)12-16-2/h9-10,13,16H,3-8,11-12H2,1-2H3. The van der Waals surface area contributed by atoms with Gasteiger partial charge in [0, 0.05) is 24.5 Å². The van der Waals surface area contributed by atoms with E-state index < -0.39 is 0 Å². The average molecular weight is 250 g/mol. The van der Waals surface area contributed by atoms with Crippen molar-refractivity contribution in [2.24, 2.45) is 0 Å². The van der Waals surface area contributed by atoms with Crippen LogP contribution in [0.25, 0.3) is 0 Å². The third kappa shape index (κ3) is 6.01. The predicted molar refractivity (Wildman–Crippen MR) is 75.9 cm³/mol. The Morgan fingerprint density at radius 3 is 2.72 bits per heavy atom. The second kappa shape index (κ2) is 9.89. The van der Waals surface area contributed by atoms with Gasteiger partial charge in [-0.25, -0.2) is 0 Å². The number of ether oxygens (including phenoxy) is 1. The first-order valence-corrected chi connectivity index (χ1v) is 7.08. The molecule has 0 radical (unpaired) electrons. The minimum Gasteiger partial charge on any atom is -0.493 e. The highest BCUT2D eigenvalue weighted by Crippen LogP contribution is 2.16. The minimum absolute atomic E-state index is 0.805. The molecule has 0 spiro atoms. The van der Waals surface area contributed by atoms with Crippen molar-refractivity contribution in [3.63, 3.8) is 0 Å². The molecule has 0 saturated carbocycles. The zero-order valence-electron chi connectivity index (χ0n) is 11.7. The molecule has 0 bridgehead atoms. The fourth-order valence-electron chi connectivity index (χ4n) is 1.94. The van der Waals surface area contributed by atoms with Gasteiger partial charge in [-0.05, 0) is 19.5 Å². The molecule has 1 aromatic rings. The van der Waals surface area contributed by atoms with Gasteiger partial charge in [0.15, 0.2) is 0 Å². The summed E-state index contributed by atoms with van der Waals surface area (Å²) in [5, 5.41) is 3.13. The van der Waals surface area contributed by atoms with E-state index in [2.05, 4.69) is 17.2 Å². The normalized spacial score (nSPS) is 10.6. The lowest BCUT2D eigenvalue weighted by Gasteiger charge is -2.10. The van der Waals surface area contributed by atoms with E-state index in [9.17, 15) is 0 Å². The predicted octanol–water partition coefficient (Wildman–Crippen LogP) is 3.54. The van der Waals surface area contributed by atoms with Crippen LogP contribution in [0.5, 0.6) is 5.75 Å². The van der Waals surface area contributed by atoms with Crippen LogP contribution in [0.4, 0.5) is 0 Å². The topological polar surface area (TPSA) is 34.1 Å². The third-order valence-electron chi connectivity index (χ3n) is 2.98. The summed E-state index contributed by atoms with van der Waals surface area (Å²) in [6.07, 6.45) is 11.4. The van der Waals surface area contributed by atoms with Crippen molar-refractivity contribution in [3.8, 4) is 5.75 Å². The lowest BCUT2D eigenvalue weighted by molar-refractivity contribution is 0.300. The minimum atomic E-state index is 0.805. The van der Waals surface area contributed by atoms with E-state index in [-0.39, 0.29) is 0 Å². The van der Waals surface area contributed by atoms with Crippen LogP contribution >= 0.6 is 0 Å². The average Bonchev–Trinajstić information content (AvgIpc) is 2.40. The molecule has 0 fully saturated rings. The van der Waals surface area contributed by atoms with Gasteiger partial charge in [-0.3, -0.25) is 4.98 Å². The largest absolute Gasteiger partial charge is 0.493 e. The molecule has 1 aromatic heterocycles. The zero-order chi connectivity index (χ0) is 13.1. The molecule has 0 saturated heterocycles. The Morgan fingerprint density at radius 1 is 1.17 bits per heavy atom. The van der Waals surface area contributed by atoms with E-state index >= 15 is 0 Å². The maximum atomic E-state index is 5.82. The van der Waals surface area contributed by atoms with E-state index in [4.69, 9.17) is 4.74 Å². The summed E-state index contributed by atoms with van der Waals surface area (Å²) in [5.41, 5.74) is 1.13. The van der Waals surface area contributed by atoms with Crippen LogP contribution in [0.2, 0.25) is 0 Å². The Morgan fingerprint density at radius 2 is 1.94 bits per heavy atom. The van der Waals surface area contributed by atoms with Gasteiger partial charge in [-0.2, -0.15) is 0 Å². The Hall–Kier alpha value is -1.09.